The molecule has 0 bridgehead atoms. The first-order valence-electron chi connectivity index (χ1n) is 12.0. The fraction of sp³-hybridized carbons (Fsp3) is 0.957. The molecule has 180 valence electrons. The average molecular weight is 466 g/mol. The van der Waals surface area contributed by atoms with Gasteiger partial charge in [0, 0.05) is 12.2 Å². The number of carbonyl (C=O) groups is 1. The summed E-state index contributed by atoms with van der Waals surface area (Å²) >= 11 is 1.78. The summed E-state index contributed by atoms with van der Waals surface area (Å²) in [6.07, 6.45) is 19.4. The van der Waals surface area contributed by atoms with Gasteiger partial charge in [-0.05, 0) is 26.0 Å². The van der Waals surface area contributed by atoms with Gasteiger partial charge < -0.3 is 5.32 Å². The Balaban J connectivity index is 3.37. The lowest BCUT2D eigenvalue weighted by Gasteiger charge is -2.24. The summed E-state index contributed by atoms with van der Waals surface area (Å²) in [5.41, 5.74) is -0.954. The van der Waals surface area contributed by atoms with Crippen molar-refractivity contribution >= 4 is 27.8 Å². The Bertz CT molecular complexity index is 521. The highest BCUT2D eigenvalue weighted by atomic mass is 32.2. The van der Waals surface area contributed by atoms with E-state index in [2.05, 4.69) is 12.2 Å². The fourth-order valence-corrected chi connectivity index (χ4v) is 5.52. The Hall–Kier alpha value is -0.270. The molecule has 0 saturated heterocycles. The minimum atomic E-state index is -4.10. The molecule has 5 nitrogen and oxygen atoms in total. The van der Waals surface area contributed by atoms with E-state index in [1.807, 2.05) is 0 Å². The first-order valence-corrected chi connectivity index (χ1v) is 14.8. The van der Waals surface area contributed by atoms with E-state index in [4.69, 9.17) is 4.55 Å². The van der Waals surface area contributed by atoms with E-state index in [0.29, 0.717) is 6.42 Å². The molecule has 0 rings (SSSR count). The molecular weight excluding hydrogens is 418 g/mol. The van der Waals surface area contributed by atoms with E-state index < -0.39 is 21.4 Å². The molecule has 0 aliphatic carbocycles. The third-order valence-corrected chi connectivity index (χ3v) is 7.29. The molecule has 0 heterocycles. The Morgan fingerprint density at radius 3 is 1.67 bits per heavy atom. The molecule has 1 amide bonds. The Labute approximate surface area is 190 Å². The van der Waals surface area contributed by atoms with Crippen molar-refractivity contribution in [1.29, 1.82) is 0 Å². The van der Waals surface area contributed by atoms with Crippen LogP contribution in [-0.4, -0.2) is 41.7 Å². The summed E-state index contributed by atoms with van der Waals surface area (Å²) in [6.45, 7) is 5.46. The molecule has 0 saturated carbocycles. The van der Waals surface area contributed by atoms with Crippen molar-refractivity contribution in [3.05, 3.63) is 0 Å². The zero-order chi connectivity index (χ0) is 22.7. The van der Waals surface area contributed by atoms with Gasteiger partial charge in [-0.15, -0.1) is 0 Å². The van der Waals surface area contributed by atoms with Gasteiger partial charge in [0.2, 0.25) is 5.91 Å². The van der Waals surface area contributed by atoms with Crippen LogP contribution in [0.1, 0.15) is 117 Å². The van der Waals surface area contributed by atoms with Gasteiger partial charge in [-0.1, -0.05) is 90.4 Å². The second-order valence-corrected chi connectivity index (χ2v) is 11.8. The average Bonchev–Trinajstić information content (AvgIpc) is 2.61. The molecule has 0 radical (unpaired) electrons. The van der Waals surface area contributed by atoms with Crippen LogP contribution in [0.15, 0.2) is 0 Å². The quantitative estimate of drug-likeness (QED) is 0.152. The normalized spacial score (nSPS) is 12.3. The molecule has 7 heteroatoms. The molecular formula is C23H47NO4S2. The number of amides is 1. The van der Waals surface area contributed by atoms with Gasteiger partial charge in [-0.25, -0.2) is 0 Å². The maximum Gasteiger partial charge on any atom is 0.267 e. The van der Waals surface area contributed by atoms with E-state index in [1.165, 1.54) is 89.9 Å². The van der Waals surface area contributed by atoms with Crippen LogP contribution in [0.5, 0.6) is 0 Å². The summed E-state index contributed by atoms with van der Waals surface area (Å²) in [6, 6.07) is 0. The second kappa shape index (κ2) is 18.3. The van der Waals surface area contributed by atoms with Crippen LogP contribution in [0.3, 0.4) is 0 Å². The first kappa shape index (κ1) is 29.7. The highest BCUT2D eigenvalue weighted by molar-refractivity contribution is 7.99. The molecule has 0 aromatic heterocycles. The molecule has 0 fully saturated rings. The van der Waals surface area contributed by atoms with Crippen LogP contribution in [0.2, 0.25) is 0 Å². The SMILES string of the molecule is CCCCCCCCCCCCCCCCSCCC(=O)NC(C)(C)CS(=O)(=O)O. The predicted molar refractivity (Wildman–Crippen MR) is 131 cm³/mol. The van der Waals surface area contributed by atoms with Crippen LogP contribution >= 0.6 is 11.8 Å². The standard InChI is InChI=1S/C23H47NO4S2/c1-4-5-6-7-8-9-10-11-12-13-14-15-16-17-19-29-20-18-22(25)24-23(2,3)21-30(26,27)28/h4-21H2,1-3H3,(H,24,25)(H,26,27,28). The Kier molecular flexibility index (Phi) is 18.2. The van der Waals surface area contributed by atoms with Gasteiger partial charge >= 0.3 is 0 Å². The van der Waals surface area contributed by atoms with Gasteiger partial charge in [0.1, 0.15) is 0 Å². The van der Waals surface area contributed by atoms with Crippen LogP contribution in [0.4, 0.5) is 0 Å². The van der Waals surface area contributed by atoms with Crippen molar-refractivity contribution in [2.24, 2.45) is 0 Å². The number of carbonyl (C=O) groups excluding carboxylic acids is 1. The minimum absolute atomic E-state index is 0.169. The van der Waals surface area contributed by atoms with Gasteiger partial charge in [-0.3, -0.25) is 9.35 Å². The smallest absolute Gasteiger partial charge is 0.267 e. The van der Waals surface area contributed by atoms with Crippen molar-refractivity contribution in [3.8, 4) is 0 Å². The Morgan fingerprint density at radius 1 is 0.800 bits per heavy atom. The van der Waals surface area contributed by atoms with Crippen LogP contribution in [0, 0.1) is 0 Å². The van der Waals surface area contributed by atoms with Crippen molar-refractivity contribution in [2.75, 3.05) is 17.3 Å². The monoisotopic (exact) mass is 465 g/mol. The lowest BCUT2D eigenvalue weighted by molar-refractivity contribution is -0.122. The molecule has 0 aromatic rings. The number of thioether (sulfide) groups is 1. The third-order valence-electron chi connectivity index (χ3n) is 5.14. The van der Waals surface area contributed by atoms with Gasteiger partial charge in [0.25, 0.3) is 10.1 Å². The lowest BCUT2D eigenvalue weighted by atomic mass is 10.0. The zero-order valence-electron chi connectivity index (χ0n) is 19.7. The lowest BCUT2D eigenvalue weighted by Crippen LogP contribution is -2.48. The fourth-order valence-electron chi connectivity index (χ4n) is 3.60. The van der Waals surface area contributed by atoms with E-state index >= 15 is 0 Å². The molecule has 0 spiro atoms. The van der Waals surface area contributed by atoms with Crippen molar-refractivity contribution in [2.45, 2.75) is 123 Å². The molecule has 0 aliphatic rings. The van der Waals surface area contributed by atoms with Crippen molar-refractivity contribution in [1.82, 2.24) is 5.32 Å². The number of hydrogen-bond donors (Lipinski definition) is 2. The van der Waals surface area contributed by atoms with E-state index in [1.54, 1.807) is 25.6 Å². The summed E-state index contributed by atoms with van der Waals surface area (Å²) in [5, 5.41) is 2.68. The maximum atomic E-state index is 11.9. The number of rotatable bonds is 21. The molecule has 0 unspecified atom stereocenters. The number of unbranched alkanes of at least 4 members (excludes halogenated alkanes) is 13. The van der Waals surface area contributed by atoms with Gasteiger partial charge in [-0.2, -0.15) is 20.2 Å². The molecule has 0 aromatic carbocycles. The third kappa shape index (κ3) is 22.4. The number of nitrogens with one attached hydrogen (secondary N) is 1. The molecule has 0 aliphatic heterocycles. The summed E-state index contributed by atoms with van der Waals surface area (Å²) in [7, 11) is -4.10. The van der Waals surface area contributed by atoms with Crippen LogP contribution < -0.4 is 5.32 Å². The molecule has 2 N–H and O–H groups in total. The number of hydrogen-bond acceptors (Lipinski definition) is 4. The van der Waals surface area contributed by atoms with E-state index in [9.17, 15) is 13.2 Å². The maximum absolute atomic E-state index is 11.9. The van der Waals surface area contributed by atoms with Crippen molar-refractivity contribution in [3.63, 3.8) is 0 Å². The van der Waals surface area contributed by atoms with Gasteiger partial charge in [0.05, 0.1) is 11.3 Å². The summed E-state index contributed by atoms with van der Waals surface area (Å²) in [5.74, 6) is 1.17. The predicted octanol–water partition coefficient (Wildman–Crippen LogP) is 6.37. The largest absolute Gasteiger partial charge is 0.350 e. The van der Waals surface area contributed by atoms with E-state index in [-0.39, 0.29) is 5.91 Å². The minimum Gasteiger partial charge on any atom is -0.350 e. The van der Waals surface area contributed by atoms with Crippen LogP contribution in [-0.2, 0) is 14.9 Å². The highest BCUT2D eigenvalue weighted by Gasteiger charge is 2.26. The van der Waals surface area contributed by atoms with E-state index in [0.717, 1.165) is 11.5 Å². The van der Waals surface area contributed by atoms with Crippen LogP contribution in [0.25, 0.3) is 0 Å². The Morgan fingerprint density at radius 2 is 1.23 bits per heavy atom. The first-order chi connectivity index (χ1) is 14.2. The summed E-state index contributed by atoms with van der Waals surface area (Å²) in [4.78, 5) is 11.9. The zero-order valence-corrected chi connectivity index (χ0v) is 21.3. The highest BCUT2D eigenvalue weighted by Crippen LogP contribution is 2.14. The van der Waals surface area contributed by atoms with Crippen molar-refractivity contribution < 1.29 is 17.8 Å². The van der Waals surface area contributed by atoms with Gasteiger partial charge in [0.15, 0.2) is 0 Å². The summed E-state index contributed by atoms with van der Waals surface area (Å²) < 4.78 is 30.8. The molecule has 30 heavy (non-hydrogen) atoms. The topological polar surface area (TPSA) is 83.5 Å². The molecule has 0 atom stereocenters. The second-order valence-electron chi connectivity index (χ2n) is 9.12.